The molecule has 1 atom stereocenters. The molecule has 0 aliphatic carbocycles. The Labute approximate surface area is 212 Å². The highest BCUT2D eigenvalue weighted by molar-refractivity contribution is 7.22. The summed E-state index contributed by atoms with van der Waals surface area (Å²) in [4.78, 5) is 33.0. The van der Waals surface area contributed by atoms with Crippen molar-refractivity contribution >= 4 is 44.1 Å². The second-order valence-electron chi connectivity index (χ2n) is 8.60. The Bertz CT molecular complexity index is 1520. The summed E-state index contributed by atoms with van der Waals surface area (Å²) >= 11 is 1.35. The van der Waals surface area contributed by atoms with Crippen LogP contribution < -0.4 is 14.4 Å². The number of amides is 1. The molecule has 0 radical (unpaired) electrons. The molecular formula is C28H24N2O5S. The van der Waals surface area contributed by atoms with Gasteiger partial charge in [0.1, 0.15) is 17.3 Å². The molecule has 1 saturated heterocycles. The molecule has 36 heavy (non-hydrogen) atoms. The van der Waals surface area contributed by atoms with E-state index in [0.717, 1.165) is 21.3 Å². The van der Waals surface area contributed by atoms with Gasteiger partial charge in [-0.15, -0.1) is 0 Å². The molecule has 0 spiro atoms. The molecular weight excluding hydrogens is 476 g/mol. The lowest BCUT2D eigenvalue weighted by molar-refractivity contribution is -0.132. The first kappa shape index (κ1) is 23.6. The molecule has 4 aromatic rings. The van der Waals surface area contributed by atoms with Gasteiger partial charge < -0.3 is 14.6 Å². The van der Waals surface area contributed by atoms with E-state index in [0.29, 0.717) is 27.8 Å². The zero-order valence-electron chi connectivity index (χ0n) is 20.2. The van der Waals surface area contributed by atoms with E-state index in [1.54, 1.807) is 62.8 Å². The number of carbonyl (C=O) groups is 2. The van der Waals surface area contributed by atoms with Gasteiger partial charge in [0.25, 0.3) is 5.78 Å². The van der Waals surface area contributed by atoms with Gasteiger partial charge in [-0.2, -0.15) is 0 Å². The summed E-state index contributed by atoms with van der Waals surface area (Å²) in [5, 5.41) is 11.7. The normalized spacial score (nSPS) is 17.1. The van der Waals surface area contributed by atoms with E-state index in [1.165, 1.54) is 16.2 Å². The van der Waals surface area contributed by atoms with Gasteiger partial charge in [0.05, 0.1) is 36.1 Å². The highest BCUT2D eigenvalue weighted by Gasteiger charge is 2.48. The first-order chi connectivity index (χ1) is 17.3. The number of fused-ring (bicyclic) bond motifs is 1. The van der Waals surface area contributed by atoms with Crippen molar-refractivity contribution in [2.24, 2.45) is 0 Å². The zero-order chi connectivity index (χ0) is 25.6. The van der Waals surface area contributed by atoms with Gasteiger partial charge in [-0.05, 0) is 73.0 Å². The lowest BCUT2D eigenvalue weighted by Crippen LogP contribution is -2.29. The van der Waals surface area contributed by atoms with Crippen LogP contribution in [0.25, 0.3) is 16.0 Å². The summed E-state index contributed by atoms with van der Waals surface area (Å²) in [6.45, 7) is 3.97. The van der Waals surface area contributed by atoms with Crippen LogP contribution in [0.3, 0.4) is 0 Å². The molecule has 182 valence electrons. The number of nitrogens with zero attached hydrogens (tertiary/aromatic N) is 2. The van der Waals surface area contributed by atoms with Crippen LogP contribution in [0.2, 0.25) is 0 Å². The van der Waals surface area contributed by atoms with E-state index < -0.39 is 17.7 Å². The third-order valence-electron chi connectivity index (χ3n) is 6.26. The predicted octanol–water partition coefficient (Wildman–Crippen LogP) is 5.56. The number of hydrogen-bond donors (Lipinski definition) is 1. The van der Waals surface area contributed by atoms with Gasteiger partial charge in [-0.25, -0.2) is 4.98 Å². The van der Waals surface area contributed by atoms with Crippen LogP contribution in [0, 0.1) is 13.8 Å². The smallest absolute Gasteiger partial charge is 0.301 e. The quantitative estimate of drug-likeness (QED) is 0.219. The van der Waals surface area contributed by atoms with Gasteiger partial charge in [-0.1, -0.05) is 29.5 Å². The number of benzene rings is 3. The van der Waals surface area contributed by atoms with E-state index in [4.69, 9.17) is 14.5 Å². The maximum absolute atomic E-state index is 13.4. The lowest BCUT2D eigenvalue weighted by atomic mass is 9.95. The lowest BCUT2D eigenvalue weighted by Gasteiger charge is -2.23. The van der Waals surface area contributed by atoms with Crippen LogP contribution in [-0.4, -0.2) is 36.0 Å². The van der Waals surface area contributed by atoms with Crippen molar-refractivity contribution in [3.8, 4) is 11.5 Å². The predicted molar refractivity (Wildman–Crippen MR) is 140 cm³/mol. The summed E-state index contributed by atoms with van der Waals surface area (Å²) in [6.07, 6.45) is 0. The van der Waals surface area contributed by atoms with Crippen molar-refractivity contribution < 1.29 is 24.2 Å². The van der Waals surface area contributed by atoms with E-state index >= 15 is 0 Å². The summed E-state index contributed by atoms with van der Waals surface area (Å²) in [5.74, 6) is -0.515. The van der Waals surface area contributed by atoms with Crippen molar-refractivity contribution in [3.05, 3.63) is 88.5 Å². The molecule has 1 aliphatic rings. The molecule has 0 saturated carbocycles. The molecule has 1 N–H and O–H groups in total. The number of aryl methyl sites for hydroxylation is 2. The molecule has 7 nitrogen and oxygen atoms in total. The van der Waals surface area contributed by atoms with Gasteiger partial charge in [0, 0.05) is 5.56 Å². The van der Waals surface area contributed by atoms with Crippen molar-refractivity contribution in [1.29, 1.82) is 0 Å². The number of carbonyl (C=O) groups excluding carboxylic acids is 2. The first-order valence-corrected chi connectivity index (χ1v) is 12.1. The zero-order valence-corrected chi connectivity index (χ0v) is 21.1. The number of aliphatic hydroxyl groups excluding tert-OH is 1. The molecule has 2 heterocycles. The SMILES string of the molecule is COc1ccc(C(O)=C2C(=O)C(=O)N(c3nc4c(C)cc(C)cc4s3)[C@H]2c2ccc(OC)cc2)cc1. The summed E-state index contributed by atoms with van der Waals surface area (Å²) in [6, 6.07) is 16.9. The topological polar surface area (TPSA) is 89.0 Å². The van der Waals surface area contributed by atoms with Crippen molar-refractivity contribution in [1.82, 2.24) is 4.98 Å². The summed E-state index contributed by atoms with van der Waals surface area (Å²) < 4.78 is 11.4. The number of methoxy groups -OCH3 is 2. The first-order valence-electron chi connectivity index (χ1n) is 11.3. The Morgan fingerprint density at radius 3 is 2.17 bits per heavy atom. The van der Waals surface area contributed by atoms with Crippen LogP contribution in [0.5, 0.6) is 11.5 Å². The third-order valence-corrected chi connectivity index (χ3v) is 7.27. The maximum Gasteiger partial charge on any atom is 0.301 e. The number of anilines is 1. The summed E-state index contributed by atoms with van der Waals surface area (Å²) in [5.41, 5.74) is 3.92. The van der Waals surface area contributed by atoms with E-state index in [2.05, 4.69) is 0 Å². The van der Waals surface area contributed by atoms with E-state index in [1.807, 2.05) is 26.0 Å². The maximum atomic E-state index is 13.4. The molecule has 0 bridgehead atoms. The van der Waals surface area contributed by atoms with E-state index in [-0.39, 0.29) is 11.3 Å². The fraction of sp³-hybridized carbons (Fsp3) is 0.179. The third kappa shape index (κ3) is 3.89. The van der Waals surface area contributed by atoms with Crippen molar-refractivity contribution in [2.45, 2.75) is 19.9 Å². The molecule has 5 rings (SSSR count). The minimum atomic E-state index is -0.861. The molecule has 1 amide bonds. The number of hydrogen-bond acceptors (Lipinski definition) is 7. The Hall–Kier alpha value is -4.17. The average molecular weight is 501 g/mol. The second-order valence-corrected chi connectivity index (χ2v) is 9.60. The number of Topliss-reactive ketones (excluding diaryl/α,β-unsaturated/α-hetero) is 1. The van der Waals surface area contributed by atoms with Crippen LogP contribution >= 0.6 is 11.3 Å². The minimum Gasteiger partial charge on any atom is -0.507 e. The highest BCUT2D eigenvalue weighted by atomic mass is 32.1. The van der Waals surface area contributed by atoms with Crippen LogP contribution in [-0.2, 0) is 9.59 Å². The van der Waals surface area contributed by atoms with Crippen LogP contribution in [0.15, 0.2) is 66.2 Å². The van der Waals surface area contributed by atoms with Gasteiger partial charge in [0.2, 0.25) is 0 Å². The largest absolute Gasteiger partial charge is 0.507 e. The Morgan fingerprint density at radius 1 is 0.944 bits per heavy atom. The fourth-order valence-corrected chi connectivity index (χ4v) is 5.67. The average Bonchev–Trinajstić information content (AvgIpc) is 3.42. The van der Waals surface area contributed by atoms with Crippen LogP contribution in [0.4, 0.5) is 5.13 Å². The van der Waals surface area contributed by atoms with Crippen molar-refractivity contribution in [3.63, 3.8) is 0 Å². The van der Waals surface area contributed by atoms with E-state index in [9.17, 15) is 14.7 Å². The Morgan fingerprint density at radius 2 is 1.56 bits per heavy atom. The molecule has 1 aliphatic heterocycles. The number of ketones is 1. The Kier molecular flexibility index (Phi) is 5.97. The molecule has 1 fully saturated rings. The number of aliphatic hydroxyl groups is 1. The highest BCUT2D eigenvalue weighted by Crippen LogP contribution is 2.45. The fourth-order valence-electron chi connectivity index (χ4n) is 4.50. The van der Waals surface area contributed by atoms with Crippen LogP contribution in [0.1, 0.15) is 28.3 Å². The monoisotopic (exact) mass is 500 g/mol. The second kappa shape index (κ2) is 9.13. The number of rotatable bonds is 5. The molecule has 3 aromatic carbocycles. The standard InChI is InChI=1S/C28H24N2O5S/c1-15-13-16(2)23-21(14-15)36-28(29-23)30-24(17-5-9-19(34-3)10-6-17)22(26(32)27(30)33)25(31)18-7-11-20(35-4)12-8-18/h5-14,24,31H,1-4H3/t24-/m0/s1. The van der Waals surface area contributed by atoms with Gasteiger partial charge in [0.15, 0.2) is 5.13 Å². The summed E-state index contributed by atoms with van der Waals surface area (Å²) in [7, 11) is 3.11. The number of aromatic nitrogens is 1. The van der Waals surface area contributed by atoms with Gasteiger partial charge in [-0.3, -0.25) is 14.5 Å². The minimum absolute atomic E-state index is 0.00231. The number of ether oxygens (including phenoxy) is 2. The van der Waals surface area contributed by atoms with Gasteiger partial charge >= 0.3 is 5.91 Å². The Balaban J connectivity index is 1.71. The molecule has 0 unspecified atom stereocenters. The molecule has 8 heteroatoms. The number of thiazole rings is 1. The van der Waals surface area contributed by atoms with Crippen molar-refractivity contribution in [2.75, 3.05) is 19.1 Å². The molecule has 1 aromatic heterocycles.